The molecule has 0 saturated carbocycles. The van der Waals surface area contributed by atoms with E-state index in [1.807, 2.05) is 25.1 Å². The molecule has 1 aromatic carbocycles. The van der Waals surface area contributed by atoms with E-state index in [4.69, 9.17) is 0 Å². The predicted octanol–water partition coefficient (Wildman–Crippen LogP) is 1.37. The Bertz CT molecular complexity index is 617. The van der Waals surface area contributed by atoms with E-state index >= 15 is 0 Å². The molecule has 1 amide bonds. The minimum atomic E-state index is -1.15. The maximum absolute atomic E-state index is 12.0. The average Bonchev–Trinajstić information content (AvgIpc) is 2.83. The number of carbonyl (C=O) groups is 1. The van der Waals surface area contributed by atoms with Crippen LogP contribution in [-0.2, 0) is 12.6 Å². The van der Waals surface area contributed by atoms with E-state index < -0.39 is 5.60 Å². The third-order valence-corrected chi connectivity index (χ3v) is 3.20. The summed E-state index contributed by atoms with van der Waals surface area (Å²) >= 11 is 0. The first-order chi connectivity index (χ1) is 9.38. The van der Waals surface area contributed by atoms with Crippen molar-refractivity contribution < 1.29 is 9.90 Å². The molecule has 1 unspecified atom stereocenters. The third-order valence-electron chi connectivity index (χ3n) is 3.20. The van der Waals surface area contributed by atoms with Gasteiger partial charge in [-0.05, 0) is 26.0 Å². The van der Waals surface area contributed by atoms with Gasteiger partial charge in [0.1, 0.15) is 5.60 Å². The van der Waals surface area contributed by atoms with Crippen LogP contribution in [-0.4, -0.2) is 27.3 Å². The summed E-state index contributed by atoms with van der Waals surface area (Å²) in [5, 5.41) is 17.2. The molecule has 5 heteroatoms. The highest BCUT2D eigenvalue weighted by molar-refractivity contribution is 5.94. The van der Waals surface area contributed by atoms with Crippen LogP contribution in [0.15, 0.2) is 36.7 Å². The number of amides is 1. The molecule has 0 saturated heterocycles. The van der Waals surface area contributed by atoms with Gasteiger partial charge in [-0.15, -0.1) is 0 Å². The fraction of sp³-hybridized carbons (Fsp3) is 0.333. The molecule has 2 N–H and O–H groups in total. The minimum absolute atomic E-state index is 0.130. The first kappa shape index (κ1) is 14.3. The van der Waals surface area contributed by atoms with Gasteiger partial charge < -0.3 is 10.4 Å². The number of benzene rings is 1. The number of aryl methyl sites for hydroxylation is 2. The molecule has 1 aromatic heterocycles. The molecule has 0 aliphatic rings. The van der Waals surface area contributed by atoms with Crippen LogP contribution < -0.4 is 5.32 Å². The molecule has 0 bridgehead atoms. The summed E-state index contributed by atoms with van der Waals surface area (Å²) in [6.07, 6.45) is 3.33. The van der Waals surface area contributed by atoms with Crippen LogP contribution in [0.25, 0.3) is 0 Å². The van der Waals surface area contributed by atoms with E-state index in [0.29, 0.717) is 11.1 Å². The first-order valence-corrected chi connectivity index (χ1v) is 6.45. The van der Waals surface area contributed by atoms with Gasteiger partial charge >= 0.3 is 0 Å². The first-order valence-electron chi connectivity index (χ1n) is 6.45. The lowest BCUT2D eigenvalue weighted by atomic mass is 9.99. The average molecular weight is 273 g/mol. The van der Waals surface area contributed by atoms with Gasteiger partial charge in [-0.25, -0.2) is 0 Å². The van der Waals surface area contributed by atoms with Gasteiger partial charge in [0, 0.05) is 24.4 Å². The molecular weight excluding hydrogens is 254 g/mol. The molecule has 0 aliphatic carbocycles. The van der Waals surface area contributed by atoms with Crippen molar-refractivity contribution in [2.24, 2.45) is 7.05 Å². The standard InChI is InChI=1S/C15H19N3O2/c1-11-5-4-6-12(7-11)14(19)16-10-15(2,20)13-8-17-18(3)9-13/h4-9,20H,10H2,1-3H3,(H,16,19). The van der Waals surface area contributed by atoms with Gasteiger partial charge in [0.2, 0.25) is 0 Å². The Balaban J connectivity index is 2.03. The Morgan fingerprint density at radius 1 is 1.50 bits per heavy atom. The Morgan fingerprint density at radius 3 is 2.85 bits per heavy atom. The monoisotopic (exact) mass is 273 g/mol. The summed E-state index contributed by atoms with van der Waals surface area (Å²) in [5.74, 6) is -0.196. The van der Waals surface area contributed by atoms with Crippen molar-refractivity contribution in [1.29, 1.82) is 0 Å². The second kappa shape index (κ2) is 5.46. The Morgan fingerprint density at radius 2 is 2.25 bits per heavy atom. The largest absolute Gasteiger partial charge is 0.383 e. The van der Waals surface area contributed by atoms with E-state index in [9.17, 15) is 9.90 Å². The summed E-state index contributed by atoms with van der Waals surface area (Å²) in [6.45, 7) is 3.72. The fourth-order valence-corrected chi connectivity index (χ4v) is 1.94. The normalized spacial score (nSPS) is 13.8. The van der Waals surface area contributed by atoms with Gasteiger partial charge in [-0.1, -0.05) is 17.7 Å². The lowest BCUT2D eigenvalue weighted by Gasteiger charge is -2.22. The quantitative estimate of drug-likeness (QED) is 0.884. The number of aliphatic hydroxyl groups is 1. The predicted molar refractivity (Wildman–Crippen MR) is 76.3 cm³/mol. The molecule has 1 atom stereocenters. The second-order valence-electron chi connectivity index (χ2n) is 5.23. The smallest absolute Gasteiger partial charge is 0.251 e. The molecule has 2 rings (SSSR count). The van der Waals surface area contributed by atoms with Crippen molar-refractivity contribution in [3.8, 4) is 0 Å². The number of hydrogen-bond donors (Lipinski definition) is 2. The van der Waals surface area contributed by atoms with Crippen LogP contribution in [0.3, 0.4) is 0 Å². The van der Waals surface area contributed by atoms with Crippen molar-refractivity contribution in [3.63, 3.8) is 0 Å². The van der Waals surface area contributed by atoms with E-state index in [0.717, 1.165) is 5.56 Å². The zero-order valence-electron chi connectivity index (χ0n) is 11.9. The molecular formula is C15H19N3O2. The molecule has 0 aliphatic heterocycles. The molecule has 5 nitrogen and oxygen atoms in total. The van der Waals surface area contributed by atoms with E-state index in [2.05, 4.69) is 10.4 Å². The lowest BCUT2D eigenvalue weighted by molar-refractivity contribution is 0.0526. The number of nitrogens with zero attached hydrogens (tertiary/aromatic N) is 2. The van der Waals surface area contributed by atoms with E-state index in [-0.39, 0.29) is 12.5 Å². The minimum Gasteiger partial charge on any atom is -0.383 e. The zero-order chi connectivity index (χ0) is 14.8. The fourth-order valence-electron chi connectivity index (χ4n) is 1.94. The number of aromatic nitrogens is 2. The Labute approximate surface area is 118 Å². The SMILES string of the molecule is Cc1cccc(C(=O)NCC(C)(O)c2cnn(C)c2)c1. The highest BCUT2D eigenvalue weighted by atomic mass is 16.3. The topological polar surface area (TPSA) is 67.2 Å². The summed E-state index contributed by atoms with van der Waals surface area (Å²) in [7, 11) is 1.78. The Kier molecular flexibility index (Phi) is 3.90. The number of nitrogens with one attached hydrogen (secondary N) is 1. The molecule has 0 spiro atoms. The van der Waals surface area contributed by atoms with Crippen molar-refractivity contribution in [2.75, 3.05) is 6.54 Å². The summed E-state index contributed by atoms with van der Waals surface area (Å²) in [6, 6.07) is 7.33. The van der Waals surface area contributed by atoms with E-state index in [1.165, 1.54) is 0 Å². The van der Waals surface area contributed by atoms with Crippen molar-refractivity contribution >= 4 is 5.91 Å². The maximum Gasteiger partial charge on any atom is 0.251 e. The molecule has 2 aromatic rings. The lowest BCUT2D eigenvalue weighted by Crippen LogP contribution is -2.38. The highest BCUT2D eigenvalue weighted by Gasteiger charge is 2.25. The molecule has 106 valence electrons. The summed E-state index contributed by atoms with van der Waals surface area (Å²) in [4.78, 5) is 12.0. The van der Waals surface area contributed by atoms with Crippen LogP contribution in [0, 0.1) is 6.92 Å². The Hall–Kier alpha value is -2.14. The highest BCUT2D eigenvalue weighted by Crippen LogP contribution is 2.18. The van der Waals surface area contributed by atoms with Gasteiger partial charge in [-0.2, -0.15) is 5.10 Å². The number of carbonyl (C=O) groups excluding carboxylic acids is 1. The van der Waals surface area contributed by atoms with Crippen molar-refractivity contribution in [2.45, 2.75) is 19.4 Å². The van der Waals surface area contributed by atoms with Crippen LogP contribution in [0.5, 0.6) is 0 Å². The zero-order valence-corrected chi connectivity index (χ0v) is 11.9. The van der Waals surface area contributed by atoms with Gasteiger partial charge in [0.05, 0.1) is 12.7 Å². The number of hydrogen-bond acceptors (Lipinski definition) is 3. The van der Waals surface area contributed by atoms with Crippen LogP contribution in [0.4, 0.5) is 0 Å². The van der Waals surface area contributed by atoms with Crippen LogP contribution >= 0.6 is 0 Å². The molecule has 0 radical (unpaired) electrons. The summed E-state index contributed by atoms with van der Waals surface area (Å²) in [5.41, 5.74) is 1.14. The molecule has 0 fully saturated rings. The molecule has 20 heavy (non-hydrogen) atoms. The van der Waals surface area contributed by atoms with Crippen LogP contribution in [0.1, 0.15) is 28.4 Å². The van der Waals surface area contributed by atoms with Gasteiger partial charge in [0.25, 0.3) is 5.91 Å². The van der Waals surface area contributed by atoms with Crippen molar-refractivity contribution in [3.05, 3.63) is 53.3 Å². The van der Waals surface area contributed by atoms with Crippen LogP contribution in [0.2, 0.25) is 0 Å². The van der Waals surface area contributed by atoms with Gasteiger partial charge in [0.15, 0.2) is 0 Å². The molecule has 1 heterocycles. The van der Waals surface area contributed by atoms with Gasteiger partial charge in [-0.3, -0.25) is 9.48 Å². The van der Waals surface area contributed by atoms with E-state index in [1.54, 1.807) is 37.1 Å². The number of rotatable bonds is 4. The maximum atomic E-state index is 12.0. The summed E-state index contributed by atoms with van der Waals surface area (Å²) < 4.78 is 1.62. The third kappa shape index (κ3) is 3.24. The second-order valence-corrected chi connectivity index (χ2v) is 5.23. The van der Waals surface area contributed by atoms with Crippen molar-refractivity contribution in [1.82, 2.24) is 15.1 Å².